The lowest BCUT2D eigenvalue weighted by Crippen LogP contribution is -2.41. The topological polar surface area (TPSA) is 91.4 Å². The summed E-state index contributed by atoms with van der Waals surface area (Å²) in [5.41, 5.74) is 1.62. The van der Waals surface area contributed by atoms with Gasteiger partial charge in [0.1, 0.15) is 4.90 Å². The van der Waals surface area contributed by atoms with Gasteiger partial charge in [0.2, 0.25) is 15.9 Å². The number of rotatable bonds is 9. The molecule has 11 heteroatoms. The summed E-state index contributed by atoms with van der Waals surface area (Å²) in [4.78, 5) is 16.5. The number of aromatic nitrogens is 1. The summed E-state index contributed by atoms with van der Waals surface area (Å²) in [6.07, 6.45) is 1.67. The highest BCUT2D eigenvalue weighted by molar-refractivity contribution is 7.89. The van der Waals surface area contributed by atoms with E-state index in [0.29, 0.717) is 18.1 Å². The van der Waals surface area contributed by atoms with Crippen LogP contribution in [0.25, 0.3) is 10.9 Å². The Morgan fingerprint density at radius 1 is 1.03 bits per heavy atom. The van der Waals surface area contributed by atoms with Gasteiger partial charge in [0.05, 0.1) is 17.1 Å². The first kappa shape index (κ1) is 24.5. The number of amides is 1. The van der Waals surface area contributed by atoms with Crippen molar-refractivity contribution < 1.29 is 13.2 Å². The molecule has 0 aliphatic carbocycles. The largest absolute Gasteiger partial charge is 0.383 e. The Balaban J connectivity index is 1.58. The fourth-order valence-electron chi connectivity index (χ4n) is 3.07. The van der Waals surface area contributed by atoms with Gasteiger partial charge >= 0.3 is 0 Å². The Hall–Kier alpha value is -2.10. The third-order valence-corrected chi connectivity index (χ3v) is 7.52. The Labute approximate surface area is 201 Å². The molecule has 0 atom stereocenters. The molecule has 1 amide bonds. The standard InChI is InChI=1S/C21H21Cl3N4O3S/c1-2-28(32(30,31)20-12-15(23)4-6-17(20)24)13-21(29)27-10-9-26-18-7-8-25-19-11-14(22)3-5-16(18)19/h3-8,11-12H,2,9-10,13H2,1H3,(H,25,26)(H,27,29). The molecule has 3 rings (SSSR count). The molecular formula is C21H21Cl3N4O3S. The van der Waals surface area contributed by atoms with Crippen LogP contribution in [-0.4, -0.2) is 49.8 Å². The van der Waals surface area contributed by atoms with Crippen LogP contribution >= 0.6 is 34.8 Å². The summed E-state index contributed by atoms with van der Waals surface area (Å²) in [5.74, 6) is -0.429. The van der Waals surface area contributed by atoms with Crippen molar-refractivity contribution in [3.8, 4) is 0 Å². The molecule has 0 bridgehead atoms. The number of carbonyl (C=O) groups excluding carboxylic acids is 1. The van der Waals surface area contributed by atoms with E-state index in [9.17, 15) is 13.2 Å². The van der Waals surface area contributed by atoms with E-state index < -0.39 is 15.9 Å². The van der Waals surface area contributed by atoms with Crippen LogP contribution in [0.15, 0.2) is 53.6 Å². The quantitative estimate of drug-likeness (QED) is 0.411. The van der Waals surface area contributed by atoms with Gasteiger partial charge in [-0.05, 0) is 42.5 Å². The summed E-state index contributed by atoms with van der Waals surface area (Å²) < 4.78 is 26.9. The zero-order valence-electron chi connectivity index (χ0n) is 17.1. The van der Waals surface area contributed by atoms with Crippen molar-refractivity contribution in [1.82, 2.24) is 14.6 Å². The molecule has 170 valence electrons. The number of nitrogens with one attached hydrogen (secondary N) is 2. The van der Waals surface area contributed by atoms with Crippen LogP contribution in [0, 0.1) is 0 Å². The van der Waals surface area contributed by atoms with Gasteiger partial charge in [-0.1, -0.05) is 41.7 Å². The van der Waals surface area contributed by atoms with Crippen LogP contribution in [0.1, 0.15) is 6.92 Å². The first-order valence-electron chi connectivity index (χ1n) is 9.72. The minimum Gasteiger partial charge on any atom is -0.383 e. The second-order valence-corrected chi connectivity index (χ2v) is 9.99. The van der Waals surface area contributed by atoms with Crippen LogP contribution in [0.5, 0.6) is 0 Å². The summed E-state index contributed by atoms with van der Waals surface area (Å²) in [5, 5.41) is 7.75. The molecular weight excluding hydrogens is 495 g/mol. The van der Waals surface area contributed by atoms with Gasteiger partial charge in [0.15, 0.2) is 0 Å². The van der Waals surface area contributed by atoms with Crippen LogP contribution in [0.4, 0.5) is 5.69 Å². The predicted molar refractivity (Wildman–Crippen MR) is 129 cm³/mol. The molecule has 7 nitrogen and oxygen atoms in total. The van der Waals surface area contributed by atoms with Gasteiger partial charge in [0.25, 0.3) is 0 Å². The van der Waals surface area contributed by atoms with Crippen LogP contribution in [0.2, 0.25) is 15.1 Å². The molecule has 2 aromatic carbocycles. The van der Waals surface area contributed by atoms with E-state index >= 15 is 0 Å². The highest BCUT2D eigenvalue weighted by Crippen LogP contribution is 2.27. The maximum atomic E-state index is 12.9. The fourth-order valence-corrected chi connectivity index (χ4v) is 5.38. The maximum absolute atomic E-state index is 12.9. The second kappa shape index (κ2) is 10.7. The average Bonchev–Trinajstić information content (AvgIpc) is 2.76. The lowest BCUT2D eigenvalue weighted by Gasteiger charge is -2.21. The summed E-state index contributed by atoms with van der Waals surface area (Å²) in [6.45, 7) is 2.14. The Kier molecular flexibility index (Phi) is 8.19. The number of nitrogens with zero attached hydrogens (tertiary/aromatic N) is 2. The number of sulfonamides is 1. The zero-order valence-corrected chi connectivity index (χ0v) is 20.2. The second-order valence-electron chi connectivity index (χ2n) is 6.80. The van der Waals surface area contributed by atoms with Gasteiger partial charge in [-0.2, -0.15) is 4.31 Å². The number of likely N-dealkylation sites (N-methyl/N-ethyl adjacent to an activating group) is 1. The number of benzene rings is 2. The van der Waals surface area contributed by atoms with Crippen LogP contribution in [0.3, 0.4) is 0 Å². The van der Waals surface area contributed by atoms with E-state index in [-0.39, 0.29) is 28.0 Å². The summed E-state index contributed by atoms with van der Waals surface area (Å²) >= 11 is 18.0. The van der Waals surface area contributed by atoms with Crippen molar-refractivity contribution in [1.29, 1.82) is 0 Å². The van der Waals surface area contributed by atoms with Gasteiger partial charge in [0, 0.05) is 46.9 Å². The minimum absolute atomic E-state index is 0.0447. The normalized spacial score (nSPS) is 11.7. The maximum Gasteiger partial charge on any atom is 0.245 e. The van der Waals surface area contributed by atoms with Crippen molar-refractivity contribution >= 4 is 67.3 Å². The SMILES string of the molecule is CCN(CC(=O)NCCNc1ccnc2cc(Cl)ccc12)S(=O)(=O)c1cc(Cl)ccc1Cl. The van der Waals surface area contributed by atoms with E-state index in [4.69, 9.17) is 34.8 Å². The fraction of sp³-hybridized carbons (Fsp3) is 0.238. The first-order chi connectivity index (χ1) is 15.2. The van der Waals surface area contributed by atoms with Crippen molar-refractivity contribution in [2.75, 3.05) is 31.5 Å². The van der Waals surface area contributed by atoms with E-state index in [1.165, 1.54) is 18.2 Å². The molecule has 0 fully saturated rings. The van der Waals surface area contributed by atoms with Crippen molar-refractivity contribution in [2.45, 2.75) is 11.8 Å². The van der Waals surface area contributed by atoms with E-state index in [1.807, 2.05) is 12.1 Å². The van der Waals surface area contributed by atoms with Gasteiger partial charge < -0.3 is 10.6 Å². The molecule has 0 radical (unpaired) electrons. The van der Waals surface area contributed by atoms with Gasteiger partial charge in [-0.3, -0.25) is 9.78 Å². The molecule has 1 aromatic heterocycles. The number of hydrogen-bond acceptors (Lipinski definition) is 5. The number of carbonyl (C=O) groups is 1. The molecule has 0 spiro atoms. The lowest BCUT2D eigenvalue weighted by atomic mass is 10.2. The molecule has 1 heterocycles. The number of fused-ring (bicyclic) bond motifs is 1. The first-order valence-corrected chi connectivity index (χ1v) is 12.3. The van der Waals surface area contributed by atoms with E-state index in [1.54, 1.807) is 25.3 Å². The molecule has 0 aliphatic rings. The molecule has 2 N–H and O–H groups in total. The van der Waals surface area contributed by atoms with Gasteiger partial charge in [-0.25, -0.2) is 8.42 Å². The highest BCUT2D eigenvalue weighted by Gasteiger charge is 2.27. The van der Waals surface area contributed by atoms with Crippen molar-refractivity contribution in [2.24, 2.45) is 0 Å². The molecule has 0 aliphatic heterocycles. The van der Waals surface area contributed by atoms with E-state index in [0.717, 1.165) is 20.9 Å². The molecule has 32 heavy (non-hydrogen) atoms. The minimum atomic E-state index is -3.98. The van der Waals surface area contributed by atoms with Crippen LogP contribution < -0.4 is 10.6 Å². The predicted octanol–water partition coefficient (Wildman–Crippen LogP) is 4.43. The zero-order chi connectivity index (χ0) is 23.3. The number of pyridine rings is 1. The molecule has 3 aromatic rings. The van der Waals surface area contributed by atoms with E-state index in [2.05, 4.69) is 15.6 Å². The third-order valence-electron chi connectivity index (χ3n) is 4.65. The Morgan fingerprint density at radius 3 is 2.50 bits per heavy atom. The van der Waals surface area contributed by atoms with Crippen molar-refractivity contribution in [3.63, 3.8) is 0 Å². The average molecular weight is 516 g/mol. The third kappa shape index (κ3) is 5.82. The number of halogens is 3. The van der Waals surface area contributed by atoms with Crippen molar-refractivity contribution in [3.05, 3.63) is 63.7 Å². The van der Waals surface area contributed by atoms with Crippen LogP contribution in [-0.2, 0) is 14.8 Å². The summed E-state index contributed by atoms with van der Waals surface area (Å²) in [7, 11) is -3.98. The molecule has 0 unspecified atom stereocenters. The number of hydrogen-bond donors (Lipinski definition) is 2. The Bertz CT molecular complexity index is 1240. The summed E-state index contributed by atoms with van der Waals surface area (Å²) in [6, 6.07) is 11.4. The molecule has 0 saturated carbocycles. The Morgan fingerprint density at radius 2 is 1.75 bits per heavy atom. The van der Waals surface area contributed by atoms with Gasteiger partial charge in [-0.15, -0.1) is 0 Å². The molecule has 0 saturated heterocycles. The smallest absolute Gasteiger partial charge is 0.245 e. The lowest BCUT2D eigenvalue weighted by molar-refractivity contribution is -0.121. The monoisotopic (exact) mass is 514 g/mol. The highest BCUT2D eigenvalue weighted by atomic mass is 35.5. The number of anilines is 1.